The molecular weight excluding hydrogens is 342 g/mol. The van der Waals surface area contributed by atoms with Gasteiger partial charge in [-0.25, -0.2) is 0 Å². The molecule has 26 heavy (non-hydrogen) atoms. The maximum absolute atomic E-state index is 5.05. The Balaban J connectivity index is 1.93. The van der Waals surface area contributed by atoms with E-state index < -0.39 is 0 Å². The molecule has 0 fully saturated rings. The average Bonchev–Trinajstić information content (AvgIpc) is 3.05. The Kier molecular flexibility index (Phi) is 5.76. The molecule has 132 valence electrons. The minimum atomic E-state index is 0.468. The first-order valence-corrected chi connectivity index (χ1v) is 8.76. The van der Waals surface area contributed by atoms with E-state index in [-0.39, 0.29) is 0 Å². The highest BCUT2D eigenvalue weighted by Crippen LogP contribution is 2.22. The van der Waals surface area contributed by atoms with Gasteiger partial charge in [-0.15, -0.1) is 0 Å². The van der Waals surface area contributed by atoms with Crippen molar-refractivity contribution in [1.82, 2.24) is 20.5 Å². The van der Waals surface area contributed by atoms with E-state index in [1.54, 1.807) is 13.3 Å². The standard InChI is InChI=1S/C20H21N5S/c1-15-7-6-10-17(11-15)19-18(12-22-23-20(26)21-2)14-25(24-19)13-16-8-4-3-5-9-16/h3-12,14H,13H2,1-2H3,(H2,21,23,26)/b22-12-. The summed E-state index contributed by atoms with van der Waals surface area (Å²) in [4.78, 5) is 0. The third-order valence-electron chi connectivity index (χ3n) is 3.87. The zero-order valence-electron chi connectivity index (χ0n) is 14.8. The number of benzene rings is 2. The molecule has 0 spiro atoms. The van der Waals surface area contributed by atoms with Crippen molar-refractivity contribution in [2.75, 3.05) is 7.05 Å². The van der Waals surface area contributed by atoms with Gasteiger partial charge in [0.05, 0.1) is 12.8 Å². The number of hydrogen-bond acceptors (Lipinski definition) is 3. The topological polar surface area (TPSA) is 54.2 Å². The molecule has 5 nitrogen and oxygen atoms in total. The van der Waals surface area contributed by atoms with Gasteiger partial charge in [0.25, 0.3) is 0 Å². The summed E-state index contributed by atoms with van der Waals surface area (Å²) in [5.41, 5.74) is 8.06. The van der Waals surface area contributed by atoms with E-state index in [1.165, 1.54) is 11.1 Å². The van der Waals surface area contributed by atoms with E-state index in [4.69, 9.17) is 17.3 Å². The van der Waals surface area contributed by atoms with Crippen molar-refractivity contribution in [2.24, 2.45) is 5.10 Å². The first-order valence-electron chi connectivity index (χ1n) is 8.35. The normalized spacial score (nSPS) is 10.8. The second-order valence-electron chi connectivity index (χ2n) is 5.93. The first-order chi connectivity index (χ1) is 12.7. The summed E-state index contributed by atoms with van der Waals surface area (Å²) in [5.74, 6) is 0. The number of aryl methyl sites for hydroxylation is 1. The molecule has 2 N–H and O–H groups in total. The van der Waals surface area contributed by atoms with Gasteiger partial charge in [0, 0.05) is 24.4 Å². The zero-order chi connectivity index (χ0) is 18.4. The Morgan fingerprint density at radius 1 is 1.19 bits per heavy atom. The van der Waals surface area contributed by atoms with Crippen LogP contribution in [0.5, 0.6) is 0 Å². The van der Waals surface area contributed by atoms with Gasteiger partial charge in [0.2, 0.25) is 0 Å². The second-order valence-corrected chi connectivity index (χ2v) is 6.34. The number of hydrogen-bond donors (Lipinski definition) is 2. The van der Waals surface area contributed by atoms with Gasteiger partial charge >= 0.3 is 0 Å². The number of hydrazone groups is 1. The summed E-state index contributed by atoms with van der Waals surface area (Å²) in [6.45, 7) is 2.78. The van der Waals surface area contributed by atoms with Crippen molar-refractivity contribution in [1.29, 1.82) is 0 Å². The van der Waals surface area contributed by atoms with E-state index >= 15 is 0 Å². The molecule has 2 aromatic carbocycles. The van der Waals surface area contributed by atoms with Gasteiger partial charge < -0.3 is 5.32 Å². The van der Waals surface area contributed by atoms with Crippen LogP contribution in [0.15, 0.2) is 65.9 Å². The van der Waals surface area contributed by atoms with Gasteiger partial charge in [0.1, 0.15) is 5.69 Å². The van der Waals surface area contributed by atoms with E-state index in [2.05, 4.69) is 53.1 Å². The summed E-state index contributed by atoms with van der Waals surface area (Å²) in [6.07, 6.45) is 3.74. The van der Waals surface area contributed by atoms with Crippen molar-refractivity contribution >= 4 is 23.5 Å². The van der Waals surface area contributed by atoms with Crippen LogP contribution in [0.1, 0.15) is 16.7 Å². The first kappa shape index (κ1) is 17.8. The van der Waals surface area contributed by atoms with Crippen LogP contribution in [0.25, 0.3) is 11.3 Å². The fraction of sp³-hybridized carbons (Fsp3) is 0.150. The smallest absolute Gasteiger partial charge is 0.186 e. The fourth-order valence-corrected chi connectivity index (χ4v) is 2.67. The number of thiocarbonyl (C=S) groups is 1. The van der Waals surface area contributed by atoms with Crippen molar-refractivity contribution in [3.8, 4) is 11.3 Å². The lowest BCUT2D eigenvalue weighted by Gasteiger charge is -2.02. The highest BCUT2D eigenvalue weighted by Gasteiger charge is 2.10. The molecule has 0 radical (unpaired) electrons. The summed E-state index contributed by atoms with van der Waals surface area (Å²) in [5, 5.41) is 12.3. The Labute approximate surface area is 158 Å². The molecule has 1 aromatic heterocycles. The zero-order valence-corrected chi connectivity index (χ0v) is 15.6. The molecule has 0 saturated heterocycles. The monoisotopic (exact) mass is 363 g/mol. The third kappa shape index (κ3) is 4.55. The summed E-state index contributed by atoms with van der Waals surface area (Å²) < 4.78 is 1.94. The summed E-state index contributed by atoms with van der Waals surface area (Å²) in [7, 11) is 1.75. The molecule has 0 bridgehead atoms. The van der Waals surface area contributed by atoms with Gasteiger partial charge in [-0.3, -0.25) is 10.1 Å². The predicted octanol–water partition coefficient (Wildman–Crippen LogP) is 3.33. The van der Waals surface area contributed by atoms with Crippen molar-refractivity contribution in [3.05, 3.63) is 77.5 Å². The molecule has 0 amide bonds. The van der Waals surface area contributed by atoms with E-state index in [0.717, 1.165) is 16.8 Å². The highest BCUT2D eigenvalue weighted by atomic mass is 32.1. The molecule has 3 rings (SSSR count). The van der Waals surface area contributed by atoms with Gasteiger partial charge in [-0.2, -0.15) is 10.2 Å². The maximum atomic E-state index is 5.05. The van der Waals surface area contributed by atoms with Gasteiger partial charge in [-0.05, 0) is 30.8 Å². The SMILES string of the molecule is CNC(=S)N/N=C\c1cn(Cc2ccccc2)nc1-c1cccc(C)c1. The van der Waals surface area contributed by atoms with Crippen LogP contribution in [0.2, 0.25) is 0 Å². The van der Waals surface area contributed by atoms with Crippen LogP contribution in [0.3, 0.4) is 0 Å². The minimum Gasteiger partial charge on any atom is -0.364 e. The molecule has 0 saturated carbocycles. The van der Waals surface area contributed by atoms with Crippen molar-refractivity contribution in [2.45, 2.75) is 13.5 Å². The largest absolute Gasteiger partial charge is 0.364 e. The lowest BCUT2D eigenvalue weighted by molar-refractivity contribution is 0.689. The van der Waals surface area contributed by atoms with Crippen LogP contribution in [-0.4, -0.2) is 28.2 Å². The molecule has 0 aliphatic carbocycles. The Morgan fingerprint density at radius 2 is 2.00 bits per heavy atom. The molecule has 0 aliphatic heterocycles. The second kappa shape index (κ2) is 8.40. The van der Waals surface area contributed by atoms with Crippen LogP contribution in [-0.2, 0) is 6.54 Å². The lowest BCUT2D eigenvalue weighted by Crippen LogP contribution is -2.28. The maximum Gasteiger partial charge on any atom is 0.186 e. The quantitative estimate of drug-likeness (QED) is 0.415. The Morgan fingerprint density at radius 3 is 2.73 bits per heavy atom. The van der Waals surface area contributed by atoms with Gasteiger partial charge in [0.15, 0.2) is 5.11 Å². The van der Waals surface area contributed by atoms with Crippen LogP contribution < -0.4 is 10.7 Å². The molecular formula is C20H21N5S. The van der Waals surface area contributed by atoms with Crippen molar-refractivity contribution in [3.63, 3.8) is 0 Å². The predicted molar refractivity (Wildman–Crippen MR) is 110 cm³/mol. The van der Waals surface area contributed by atoms with Crippen LogP contribution in [0, 0.1) is 6.92 Å². The summed E-state index contributed by atoms with van der Waals surface area (Å²) >= 11 is 5.05. The number of nitrogens with zero attached hydrogens (tertiary/aromatic N) is 3. The van der Waals surface area contributed by atoms with Gasteiger partial charge in [-0.1, -0.05) is 54.1 Å². The molecule has 6 heteroatoms. The number of nitrogens with one attached hydrogen (secondary N) is 2. The van der Waals surface area contributed by atoms with Crippen LogP contribution in [0.4, 0.5) is 0 Å². The third-order valence-corrected chi connectivity index (χ3v) is 4.16. The van der Waals surface area contributed by atoms with E-state index in [0.29, 0.717) is 11.7 Å². The van der Waals surface area contributed by atoms with Crippen LogP contribution >= 0.6 is 12.2 Å². The number of aromatic nitrogens is 2. The molecule has 1 heterocycles. The Bertz CT molecular complexity index is 915. The number of rotatable bonds is 5. The lowest BCUT2D eigenvalue weighted by atomic mass is 10.1. The Hall–Kier alpha value is -2.99. The highest BCUT2D eigenvalue weighted by molar-refractivity contribution is 7.80. The van der Waals surface area contributed by atoms with E-state index in [1.807, 2.05) is 35.1 Å². The average molecular weight is 363 g/mol. The van der Waals surface area contributed by atoms with Crippen molar-refractivity contribution < 1.29 is 0 Å². The molecule has 0 aliphatic rings. The summed E-state index contributed by atoms with van der Waals surface area (Å²) in [6, 6.07) is 18.6. The minimum absolute atomic E-state index is 0.468. The van der Waals surface area contributed by atoms with E-state index in [9.17, 15) is 0 Å². The molecule has 0 unspecified atom stereocenters. The molecule has 3 aromatic rings. The molecule has 0 atom stereocenters. The fourth-order valence-electron chi connectivity index (χ4n) is 2.62.